The first kappa shape index (κ1) is 29.8. The zero-order chi connectivity index (χ0) is 31.8. The Labute approximate surface area is 262 Å². The van der Waals surface area contributed by atoms with Crippen molar-refractivity contribution in [1.82, 2.24) is 4.57 Å². The zero-order valence-electron chi connectivity index (χ0n) is 25.4. The van der Waals surface area contributed by atoms with Gasteiger partial charge in [0.1, 0.15) is 23.3 Å². The van der Waals surface area contributed by atoms with Gasteiger partial charge in [0.25, 0.3) is 5.56 Å². The minimum atomic E-state index is -0.841. The summed E-state index contributed by atoms with van der Waals surface area (Å²) < 4.78 is 24.2. The molecule has 0 amide bonds. The monoisotopic (exact) mass is 622 g/mol. The Morgan fingerprint density at radius 1 is 1.02 bits per heavy atom. The van der Waals surface area contributed by atoms with Crippen LogP contribution in [-0.4, -0.2) is 37.3 Å². The van der Waals surface area contributed by atoms with Gasteiger partial charge in [-0.3, -0.25) is 9.36 Å². The first-order chi connectivity index (χ1) is 21.7. The molecule has 1 atom stereocenters. The second-order valence-electron chi connectivity index (χ2n) is 10.4. The molecule has 0 radical (unpaired) electrons. The summed E-state index contributed by atoms with van der Waals surface area (Å²) in [5, 5.41) is 1.78. The molecule has 228 valence electrons. The van der Waals surface area contributed by atoms with Crippen molar-refractivity contribution in [3.05, 3.63) is 120 Å². The molecule has 3 aromatic carbocycles. The fourth-order valence-electron chi connectivity index (χ4n) is 5.69. The molecule has 0 saturated heterocycles. The number of rotatable bonds is 7. The van der Waals surface area contributed by atoms with E-state index in [-0.39, 0.29) is 17.7 Å². The summed E-state index contributed by atoms with van der Waals surface area (Å²) in [7, 11) is 2.91. The lowest BCUT2D eigenvalue weighted by atomic mass is 9.90. The van der Waals surface area contributed by atoms with Crippen molar-refractivity contribution >= 4 is 40.1 Å². The number of methoxy groups -OCH3 is 2. The number of thiazole rings is 1. The van der Waals surface area contributed by atoms with Crippen molar-refractivity contribution in [3.63, 3.8) is 0 Å². The van der Waals surface area contributed by atoms with Crippen LogP contribution in [0.5, 0.6) is 5.75 Å². The summed E-state index contributed by atoms with van der Waals surface area (Å²) >= 11 is 1.21. The van der Waals surface area contributed by atoms with Crippen molar-refractivity contribution in [2.75, 3.05) is 20.8 Å². The zero-order valence-corrected chi connectivity index (χ0v) is 26.2. The van der Waals surface area contributed by atoms with E-state index < -0.39 is 18.0 Å². The Balaban J connectivity index is 1.51. The highest BCUT2D eigenvalue weighted by Crippen LogP contribution is 2.40. The lowest BCUT2D eigenvalue weighted by Crippen LogP contribution is -2.40. The topological polar surface area (TPSA) is 109 Å². The highest BCUT2D eigenvalue weighted by Gasteiger charge is 2.36. The van der Waals surface area contributed by atoms with Crippen LogP contribution in [0.4, 0.5) is 0 Å². The number of nitrogens with zero attached hydrogens (tertiary/aromatic N) is 2. The number of hydrogen-bond acceptors (Lipinski definition) is 9. The first-order valence-electron chi connectivity index (χ1n) is 14.3. The minimum absolute atomic E-state index is 0.172. The Hall–Kier alpha value is -5.22. The number of carbonyl (C=O) groups excluding carboxylic acids is 2. The number of esters is 2. The van der Waals surface area contributed by atoms with Gasteiger partial charge in [-0.15, -0.1) is 0 Å². The van der Waals surface area contributed by atoms with Gasteiger partial charge in [0, 0.05) is 17.2 Å². The highest BCUT2D eigenvalue weighted by molar-refractivity contribution is 7.07. The van der Waals surface area contributed by atoms with Crippen LogP contribution in [0, 0.1) is 6.92 Å². The van der Waals surface area contributed by atoms with Crippen LogP contribution in [0.15, 0.2) is 92.2 Å². The van der Waals surface area contributed by atoms with Crippen LogP contribution in [0.25, 0.3) is 28.2 Å². The number of carbonyl (C=O) groups is 2. The normalized spacial score (nSPS) is 14.7. The molecule has 0 aliphatic carbocycles. The molecule has 0 N–H and O–H groups in total. The molecule has 0 saturated carbocycles. The van der Waals surface area contributed by atoms with Crippen LogP contribution < -0.4 is 19.6 Å². The van der Waals surface area contributed by atoms with E-state index in [9.17, 15) is 14.4 Å². The molecule has 5 aromatic rings. The molecule has 9 nitrogen and oxygen atoms in total. The summed E-state index contributed by atoms with van der Waals surface area (Å²) in [6.45, 7) is 5.54. The van der Waals surface area contributed by atoms with E-state index in [0.717, 1.165) is 21.9 Å². The molecule has 2 aromatic heterocycles. The Morgan fingerprint density at radius 3 is 2.56 bits per heavy atom. The Morgan fingerprint density at radius 2 is 1.82 bits per heavy atom. The third kappa shape index (κ3) is 5.27. The van der Waals surface area contributed by atoms with Crippen LogP contribution in [0.2, 0.25) is 0 Å². The standard InChI is InChI=1S/C35H30N2O7S/c1-6-43-34(40)29-20(3)36-35-37(31(29)30-25-10-8-7-9-21(25)12-15-27(30)41-4)32(38)28(45-35)18-23-13-16-26(44-23)24-14-11-22(17-19(24)2)33(39)42-5/h7-18,31H,6H2,1-5H3/b28-18+/t31-/m0/s1. The average molecular weight is 623 g/mol. The van der Waals surface area contributed by atoms with E-state index in [2.05, 4.69) is 4.99 Å². The van der Waals surface area contributed by atoms with Crippen LogP contribution in [0.1, 0.15) is 47.1 Å². The fourth-order valence-corrected chi connectivity index (χ4v) is 6.72. The van der Waals surface area contributed by atoms with Gasteiger partial charge in [0.2, 0.25) is 0 Å². The summed E-state index contributed by atoms with van der Waals surface area (Å²) in [5.41, 5.74) is 3.17. The molecule has 1 aliphatic rings. The molecule has 0 fully saturated rings. The van der Waals surface area contributed by atoms with Crippen molar-refractivity contribution in [1.29, 1.82) is 0 Å². The maximum absolute atomic E-state index is 14.2. The fraction of sp³-hybridized carbons (Fsp3) is 0.200. The summed E-state index contributed by atoms with van der Waals surface area (Å²) in [6, 6.07) is 19.5. The van der Waals surface area contributed by atoms with E-state index in [4.69, 9.17) is 18.6 Å². The average Bonchev–Trinajstić information content (AvgIpc) is 3.63. The lowest BCUT2D eigenvalue weighted by Gasteiger charge is -2.27. The van der Waals surface area contributed by atoms with E-state index in [0.29, 0.717) is 43.4 Å². The molecule has 45 heavy (non-hydrogen) atoms. The summed E-state index contributed by atoms with van der Waals surface area (Å²) in [4.78, 5) is 44.7. The maximum atomic E-state index is 14.2. The number of furan rings is 1. The Kier molecular flexibility index (Phi) is 7.99. The molecular weight excluding hydrogens is 592 g/mol. The second-order valence-corrected chi connectivity index (χ2v) is 11.4. The van der Waals surface area contributed by atoms with Gasteiger partial charge in [0.05, 0.1) is 42.2 Å². The van der Waals surface area contributed by atoms with Crippen molar-refractivity contribution < 1.29 is 28.2 Å². The van der Waals surface area contributed by atoms with E-state index >= 15 is 0 Å². The van der Waals surface area contributed by atoms with Gasteiger partial charge >= 0.3 is 11.9 Å². The molecule has 6 rings (SSSR count). The number of ether oxygens (including phenoxy) is 3. The number of hydrogen-bond donors (Lipinski definition) is 0. The molecule has 3 heterocycles. The van der Waals surface area contributed by atoms with Crippen molar-refractivity contribution in [2.24, 2.45) is 4.99 Å². The minimum Gasteiger partial charge on any atom is -0.496 e. The molecule has 0 bridgehead atoms. The first-order valence-corrected chi connectivity index (χ1v) is 15.1. The summed E-state index contributed by atoms with van der Waals surface area (Å²) in [6.07, 6.45) is 1.67. The van der Waals surface area contributed by atoms with Crippen LogP contribution >= 0.6 is 11.3 Å². The molecule has 10 heteroatoms. The molecule has 0 spiro atoms. The number of aromatic nitrogens is 1. The van der Waals surface area contributed by atoms with E-state index in [1.54, 1.807) is 55.9 Å². The van der Waals surface area contributed by atoms with Crippen LogP contribution in [0.3, 0.4) is 0 Å². The predicted octanol–water partition coefficient (Wildman–Crippen LogP) is 5.32. The van der Waals surface area contributed by atoms with Gasteiger partial charge in [-0.05, 0) is 67.4 Å². The van der Waals surface area contributed by atoms with Gasteiger partial charge in [-0.1, -0.05) is 47.7 Å². The van der Waals surface area contributed by atoms with Gasteiger partial charge < -0.3 is 18.6 Å². The third-order valence-electron chi connectivity index (χ3n) is 7.75. The van der Waals surface area contributed by atoms with Gasteiger partial charge in [0.15, 0.2) is 4.80 Å². The maximum Gasteiger partial charge on any atom is 0.338 e. The number of fused-ring (bicyclic) bond motifs is 2. The van der Waals surface area contributed by atoms with Crippen molar-refractivity contribution in [2.45, 2.75) is 26.8 Å². The van der Waals surface area contributed by atoms with E-state index in [1.165, 1.54) is 18.4 Å². The molecule has 0 unspecified atom stereocenters. The number of allylic oxidation sites excluding steroid dienone is 1. The SMILES string of the molecule is CCOC(=O)C1=C(C)N=c2s/c(=C/c3ccc(-c4ccc(C(=O)OC)cc4C)o3)c(=O)n2[C@@H]1c1c(OC)ccc2ccccc12. The quantitative estimate of drug-likeness (QED) is 0.226. The number of benzene rings is 3. The smallest absolute Gasteiger partial charge is 0.338 e. The van der Waals surface area contributed by atoms with Crippen molar-refractivity contribution in [3.8, 4) is 17.1 Å². The largest absolute Gasteiger partial charge is 0.496 e. The van der Waals surface area contributed by atoms with Crippen LogP contribution in [-0.2, 0) is 14.3 Å². The van der Waals surface area contributed by atoms with Gasteiger partial charge in [-0.25, -0.2) is 14.6 Å². The lowest BCUT2D eigenvalue weighted by molar-refractivity contribution is -0.139. The summed E-state index contributed by atoms with van der Waals surface area (Å²) in [5.74, 6) is 0.626. The highest BCUT2D eigenvalue weighted by atomic mass is 32.1. The molecular formula is C35H30N2O7S. The molecule has 1 aliphatic heterocycles. The van der Waals surface area contributed by atoms with Gasteiger partial charge in [-0.2, -0.15) is 0 Å². The van der Waals surface area contributed by atoms with E-state index in [1.807, 2.05) is 49.4 Å². The number of aryl methyl sites for hydroxylation is 1. The third-order valence-corrected chi connectivity index (χ3v) is 8.74. The predicted molar refractivity (Wildman–Crippen MR) is 171 cm³/mol. The Bertz CT molecular complexity index is 2200. The second kappa shape index (κ2) is 12.0.